The molecule has 0 radical (unpaired) electrons. The van der Waals surface area contributed by atoms with Gasteiger partial charge in [0.25, 0.3) is 11.7 Å². The van der Waals surface area contributed by atoms with Crippen LogP contribution in [-0.4, -0.2) is 29.1 Å². The predicted molar refractivity (Wildman–Crippen MR) is 56.8 cm³/mol. The van der Waals surface area contributed by atoms with Crippen molar-refractivity contribution in [3.8, 4) is 6.07 Å². The Morgan fingerprint density at radius 1 is 1.71 bits per heavy atom. The number of carbonyl (C=O) groups excluding carboxylic acids is 1. The molecule has 2 N–H and O–H groups in total. The van der Waals surface area contributed by atoms with Gasteiger partial charge in [-0.2, -0.15) is 10.2 Å². The number of nitriles is 1. The number of hydrogen-bond acceptors (Lipinski definition) is 6. The fourth-order valence-electron chi connectivity index (χ4n) is 1.68. The van der Waals surface area contributed by atoms with Crippen LogP contribution in [-0.2, 0) is 0 Å². The van der Waals surface area contributed by atoms with Crippen LogP contribution >= 0.6 is 0 Å². The highest BCUT2D eigenvalue weighted by molar-refractivity contribution is 5.90. The summed E-state index contributed by atoms with van der Waals surface area (Å²) in [5, 5.41) is 17.7. The van der Waals surface area contributed by atoms with Crippen LogP contribution in [0.5, 0.6) is 0 Å². The van der Waals surface area contributed by atoms with Gasteiger partial charge in [0.15, 0.2) is 0 Å². The average Bonchev–Trinajstić information content (AvgIpc) is 3.00. The number of amides is 1. The summed E-state index contributed by atoms with van der Waals surface area (Å²) < 4.78 is 5.03. The van der Waals surface area contributed by atoms with Gasteiger partial charge in [-0.3, -0.25) is 4.79 Å². The first-order valence-electron chi connectivity index (χ1n) is 5.53. The van der Waals surface area contributed by atoms with Crippen molar-refractivity contribution in [1.29, 1.82) is 5.26 Å². The highest BCUT2D eigenvalue weighted by atomic mass is 16.5. The Bertz CT molecular complexity index is 430. The van der Waals surface area contributed by atoms with Crippen LogP contribution < -0.4 is 10.6 Å². The molecule has 1 amide bonds. The topological polar surface area (TPSA) is 104 Å². The van der Waals surface area contributed by atoms with Crippen molar-refractivity contribution in [2.45, 2.75) is 25.3 Å². The maximum absolute atomic E-state index is 11.5. The van der Waals surface area contributed by atoms with Gasteiger partial charge in [0.1, 0.15) is 0 Å². The number of aromatic nitrogens is 2. The third kappa shape index (κ3) is 2.79. The summed E-state index contributed by atoms with van der Waals surface area (Å²) >= 11 is 0. The standard InChI is InChI=1S/C10H13N5O2/c11-4-2-6-13-9(16)8-14-10(17-15-8)7-3-1-5-12-7/h7,12H,1-3,5-6H2,(H,13,16). The highest BCUT2D eigenvalue weighted by Crippen LogP contribution is 2.20. The largest absolute Gasteiger partial charge is 0.348 e. The molecule has 1 aromatic rings. The van der Waals surface area contributed by atoms with Crippen molar-refractivity contribution in [1.82, 2.24) is 20.8 Å². The Morgan fingerprint density at radius 2 is 2.59 bits per heavy atom. The van der Waals surface area contributed by atoms with Gasteiger partial charge < -0.3 is 15.2 Å². The van der Waals surface area contributed by atoms with E-state index in [1.54, 1.807) is 0 Å². The summed E-state index contributed by atoms with van der Waals surface area (Å²) in [6.07, 6.45) is 2.27. The smallest absolute Gasteiger partial charge is 0.292 e. The number of carbonyl (C=O) groups is 1. The molecule has 1 saturated heterocycles. The molecule has 0 spiro atoms. The lowest BCUT2D eigenvalue weighted by Gasteiger charge is -2.01. The van der Waals surface area contributed by atoms with Crippen molar-refractivity contribution >= 4 is 5.91 Å². The Balaban J connectivity index is 1.93. The van der Waals surface area contributed by atoms with Crippen molar-refractivity contribution in [2.75, 3.05) is 13.1 Å². The lowest BCUT2D eigenvalue weighted by Crippen LogP contribution is -2.25. The zero-order valence-corrected chi connectivity index (χ0v) is 9.27. The summed E-state index contributed by atoms with van der Waals surface area (Å²) in [7, 11) is 0. The summed E-state index contributed by atoms with van der Waals surface area (Å²) in [4.78, 5) is 15.6. The normalized spacial score (nSPS) is 18.9. The molecule has 7 nitrogen and oxygen atoms in total. The van der Waals surface area contributed by atoms with Gasteiger partial charge in [-0.25, -0.2) is 0 Å². The molecular formula is C10H13N5O2. The molecule has 1 unspecified atom stereocenters. The second-order valence-electron chi connectivity index (χ2n) is 3.77. The third-order valence-electron chi connectivity index (χ3n) is 2.53. The minimum atomic E-state index is -0.409. The van der Waals surface area contributed by atoms with Crippen LogP contribution in [0.3, 0.4) is 0 Å². The average molecular weight is 235 g/mol. The third-order valence-corrected chi connectivity index (χ3v) is 2.53. The molecule has 0 aromatic carbocycles. The molecule has 17 heavy (non-hydrogen) atoms. The molecular weight excluding hydrogens is 222 g/mol. The van der Waals surface area contributed by atoms with Gasteiger partial charge >= 0.3 is 0 Å². The van der Waals surface area contributed by atoms with Crippen LogP contribution in [0, 0.1) is 11.3 Å². The molecule has 1 atom stereocenters. The Labute approximate surface area is 98.2 Å². The van der Waals surface area contributed by atoms with E-state index in [9.17, 15) is 4.79 Å². The Kier molecular flexibility index (Phi) is 3.67. The second kappa shape index (κ2) is 5.41. The molecule has 0 aliphatic carbocycles. The molecule has 2 rings (SSSR count). The van der Waals surface area contributed by atoms with E-state index in [0.29, 0.717) is 12.4 Å². The fraction of sp³-hybridized carbons (Fsp3) is 0.600. The zero-order chi connectivity index (χ0) is 12.1. The van der Waals surface area contributed by atoms with Crippen molar-refractivity contribution in [2.24, 2.45) is 0 Å². The van der Waals surface area contributed by atoms with E-state index in [1.165, 1.54) is 0 Å². The molecule has 90 valence electrons. The molecule has 1 aliphatic rings. The maximum atomic E-state index is 11.5. The lowest BCUT2D eigenvalue weighted by atomic mass is 10.2. The number of hydrogen-bond donors (Lipinski definition) is 2. The zero-order valence-electron chi connectivity index (χ0n) is 9.27. The summed E-state index contributed by atoms with van der Waals surface area (Å²) in [5.74, 6) is 0.0628. The summed E-state index contributed by atoms with van der Waals surface area (Å²) in [6.45, 7) is 1.22. The van der Waals surface area contributed by atoms with Gasteiger partial charge in [-0.05, 0) is 19.4 Å². The van der Waals surface area contributed by atoms with Crippen LogP contribution in [0.1, 0.15) is 41.8 Å². The minimum absolute atomic E-state index is 0.0200. The van der Waals surface area contributed by atoms with Crippen LogP contribution in [0.25, 0.3) is 0 Å². The van der Waals surface area contributed by atoms with Crippen molar-refractivity contribution in [3.63, 3.8) is 0 Å². The van der Waals surface area contributed by atoms with E-state index >= 15 is 0 Å². The van der Waals surface area contributed by atoms with Gasteiger partial charge in [-0.1, -0.05) is 5.16 Å². The van der Waals surface area contributed by atoms with Gasteiger partial charge in [0.05, 0.1) is 18.5 Å². The van der Waals surface area contributed by atoms with E-state index < -0.39 is 5.91 Å². The fourth-order valence-corrected chi connectivity index (χ4v) is 1.68. The summed E-state index contributed by atoms with van der Waals surface area (Å²) in [5.41, 5.74) is 0. The molecule has 1 fully saturated rings. The van der Waals surface area contributed by atoms with E-state index in [4.69, 9.17) is 9.78 Å². The highest BCUT2D eigenvalue weighted by Gasteiger charge is 2.24. The van der Waals surface area contributed by atoms with E-state index in [0.717, 1.165) is 19.4 Å². The van der Waals surface area contributed by atoms with Gasteiger partial charge in [0, 0.05) is 6.54 Å². The number of rotatable bonds is 4. The SMILES string of the molecule is N#CCCNC(=O)c1noc(C2CCCN2)n1. The predicted octanol–water partition coefficient (Wildman–Crippen LogP) is 0.138. The van der Waals surface area contributed by atoms with Crippen LogP contribution in [0.2, 0.25) is 0 Å². The molecule has 2 heterocycles. The second-order valence-corrected chi connectivity index (χ2v) is 3.77. The quantitative estimate of drug-likeness (QED) is 0.719. The van der Waals surface area contributed by atoms with E-state index in [1.807, 2.05) is 6.07 Å². The van der Waals surface area contributed by atoms with Gasteiger partial charge in [-0.15, -0.1) is 0 Å². The molecule has 7 heteroatoms. The van der Waals surface area contributed by atoms with Crippen molar-refractivity contribution < 1.29 is 9.32 Å². The Hall–Kier alpha value is -1.94. The first-order valence-corrected chi connectivity index (χ1v) is 5.53. The Morgan fingerprint density at radius 3 is 3.29 bits per heavy atom. The van der Waals surface area contributed by atoms with Crippen molar-refractivity contribution in [3.05, 3.63) is 11.7 Å². The van der Waals surface area contributed by atoms with E-state index in [2.05, 4.69) is 20.8 Å². The number of nitrogens with zero attached hydrogens (tertiary/aromatic N) is 3. The van der Waals surface area contributed by atoms with Gasteiger partial charge in [0.2, 0.25) is 5.89 Å². The van der Waals surface area contributed by atoms with Crippen LogP contribution in [0.4, 0.5) is 0 Å². The number of nitrogens with one attached hydrogen (secondary N) is 2. The molecule has 0 saturated carbocycles. The maximum Gasteiger partial charge on any atom is 0.292 e. The molecule has 1 aliphatic heterocycles. The summed E-state index contributed by atoms with van der Waals surface area (Å²) in [6, 6.07) is 1.99. The minimum Gasteiger partial charge on any atom is -0.348 e. The van der Waals surface area contributed by atoms with E-state index in [-0.39, 0.29) is 18.3 Å². The van der Waals surface area contributed by atoms with Crippen LogP contribution in [0.15, 0.2) is 4.52 Å². The lowest BCUT2D eigenvalue weighted by molar-refractivity contribution is 0.0941. The molecule has 1 aromatic heterocycles. The monoisotopic (exact) mass is 235 g/mol. The molecule has 0 bridgehead atoms. The first-order chi connectivity index (χ1) is 8.31. The first kappa shape index (κ1) is 11.5.